The van der Waals surface area contributed by atoms with Crippen molar-refractivity contribution < 1.29 is 23.2 Å². The Morgan fingerprint density at radius 1 is 1.56 bits per heavy atom. The van der Waals surface area contributed by atoms with Crippen LogP contribution >= 0.6 is 0 Å². The first-order valence-electron chi connectivity index (χ1n) is 5.35. The smallest absolute Gasteiger partial charge is 0.304 e. The van der Waals surface area contributed by atoms with E-state index < -0.39 is 27.8 Å². The predicted octanol–water partition coefficient (Wildman–Crippen LogP) is 1.95. The molecule has 0 saturated heterocycles. The van der Waals surface area contributed by atoms with Gasteiger partial charge in [-0.15, -0.1) is 0 Å². The first kappa shape index (κ1) is 14.6. The molecule has 0 aliphatic carbocycles. The summed E-state index contributed by atoms with van der Waals surface area (Å²) in [4.78, 5) is 10.5. The van der Waals surface area contributed by atoms with Crippen molar-refractivity contribution in [3.8, 4) is 5.75 Å². The van der Waals surface area contributed by atoms with Gasteiger partial charge in [0.1, 0.15) is 0 Å². The molecule has 100 valence electrons. The topological polar surface area (TPSA) is 63.6 Å². The van der Waals surface area contributed by atoms with Crippen molar-refractivity contribution in [3.63, 3.8) is 0 Å². The van der Waals surface area contributed by atoms with Gasteiger partial charge in [0, 0.05) is 21.8 Å². The third-order valence-corrected chi connectivity index (χ3v) is 4.12. The average molecular weight is 274 g/mol. The maximum atomic E-state index is 13.4. The van der Waals surface area contributed by atoms with Crippen LogP contribution in [0.25, 0.3) is 0 Å². The molecule has 0 fully saturated rings. The van der Waals surface area contributed by atoms with Gasteiger partial charge >= 0.3 is 5.97 Å². The van der Waals surface area contributed by atoms with Gasteiger partial charge in [-0.1, -0.05) is 13.0 Å². The molecule has 0 aliphatic rings. The lowest BCUT2D eigenvalue weighted by atomic mass is 10.2. The van der Waals surface area contributed by atoms with Crippen molar-refractivity contribution in [2.45, 2.75) is 24.3 Å². The van der Waals surface area contributed by atoms with Crippen LogP contribution in [0.3, 0.4) is 0 Å². The molecule has 0 aliphatic heterocycles. The van der Waals surface area contributed by atoms with E-state index in [2.05, 4.69) is 0 Å². The van der Waals surface area contributed by atoms with E-state index >= 15 is 0 Å². The molecule has 18 heavy (non-hydrogen) atoms. The molecule has 0 amide bonds. The van der Waals surface area contributed by atoms with Gasteiger partial charge in [-0.2, -0.15) is 0 Å². The zero-order chi connectivity index (χ0) is 13.7. The molecular formula is C12H15FO4S. The van der Waals surface area contributed by atoms with Crippen LogP contribution in [-0.2, 0) is 21.3 Å². The van der Waals surface area contributed by atoms with E-state index in [0.717, 1.165) is 0 Å². The summed E-state index contributed by atoms with van der Waals surface area (Å²) < 4.78 is 30.0. The lowest BCUT2D eigenvalue weighted by molar-refractivity contribution is -0.136. The molecule has 0 spiro atoms. The number of carbonyl (C=O) groups is 1. The van der Waals surface area contributed by atoms with Crippen molar-refractivity contribution in [2.75, 3.05) is 7.11 Å². The normalized spacial score (nSPS) is 13.9. The minimum atomic E-state index is -1.34. The Balaban J connectivity index is 2.70. The summed E-state index contributed by atoms with van der Waals surface area (Å²) >= 11 is 0. The van der Waals surface area contributed by atoms with Crippen LogP contribution < -0.4 is 4.74 Å². The fourth-order valence-corrected chi connectivity index (χ4v) is 2.57. The number of benzene rings is 1. The first-order chi connectivity index (χ1) is 8.43. The molecule has 2 unspecified atom stereocenters. The van der Waals surface area contributed by atoms with E-state index in [4.69, 9.17) is 9.84 Å². The molecule has 0 bridgehead atoms. The third-order valence-electron chi connectivity index (χ3n) is 2.44. The number of hydrogen-bond donors (Lipinski definition) is 1. The lowest BCUT2D eigenvalue weighted by Gasteiger charge is -2.09. The van der Waals surface area contributed by atoms with E-state index in [0.29, 0.717) is 5.56 Å². The number of carboxylic acids is 1. The van der Waals surface area contributed by atoms with E-state index in [9.17, 15) is 13.4 Å². The van der Waals surface area contributed by atoms with Gasteiger partial charge in [-0.3, -0.25) is 9.00 Å². The van der Waals surface area contributed by atoms with Gasteiger partial charge in [-0.05, 0) is 17.7 Å². The SMILES string of the molecule is COc1ccc(CS(=O)C(C)CC(=O)O)cc1F. The fraction of sp³-hybridized carbons (Fsp3) is 0.417. The van der Waals surface area contributed by atoms with Gasteiger partial charge in [0.25, 0.3) is 0 Å². The Kier molecular flexibility index (Phi) is 5.27. The van der Waals surface area contributed by atoms with Crippen LogP contribution in [0.2, 0.25) is 0 Å². The molecule has 0 radical (unpaired) electrons. The summed E-state index contributed by atoms with van der Waals surface area (Å²) in [5, 5.41) is 8.14. The molecular weight excluding hydrogens is 259 g/mol. The third kappa shape index (κ3) is 4.10. The second kappa shape index (κ2) is 6.49. The summed E-state index contributed by atoms with van der Waals surface area (Å²) in [6.07, 6.45) is -0.161. The largest absolute Gasteiger partial charge is 0.494 e. The number of rotatable bonds is 6. The zero-order valence-corrected chi connectivity index (χ0v) is 11.0. The molecule has 1 aromatic carbocycles. The number of hydrogen-bond acceptors (Lipinski definition) is 3. The molecule has 1 N–H and O–H groups in total. The van der Waals surface area contributed by atoms with E-state index in [1.54, 1.807) is 13.0 Å². The van der Waals surface area contributed by atoms with Crippen LogP contribution in [0.15, 0.2) is 18.2 Å². The van der Waals surface area contributed by atoms with Crippen molar-refractivity contribution in [1.29, 1.82) is 0 Å². The monoisotopic (exact) mass is 274 g/mol. The Morgan fingerprint density at radius 2 is 2.22 bits per heavy atom. The molecule has 1 aromatic rings. The van der Waals surface area contributed by atoms with E-state index in [1.807, 2.05) is 0 Å². The Labute approximate surface area is 107 Å². The summed E-state index contributed by atoms with van der Waals surface area (Å²) in [6, 6.07) is 4.33. The van der Waals surface area contributed by atoms with Crippen LogP contribution in [0, 0.1) is 5.82 Å². The summed E-state index contributed by atoms with van der Waals surface area (Å²) in [5.74, 6) is -1.24. The standard InChI is InChI=1S/C12H15FO4S/c1-8(5-12(14)15)18(16)7-9-3-4-11(17-2)10(13)6-9/h3-4,6,8H,5,7H2,1-2H3,(H,14,15). The minimum absolute atomic E-state index is 0.128. The number of carboxylic acid groups (broad SMARTS) is 1. The highest BCUT2D eigenvalue weighted by Crippen LogP contribution is 2.19. The number of methoxy groups -OCH3 is 1. The molecule has 0 saturated carbocycles. The lowest BCUT2D eigenvalue weighted by Crippen LogP contribution is -2.17. The highest BCUT2D eigenvalue weighted by Gasteiger charge is 2.16. The van der Waals surface area contributed by atoms with Gasteiger partial charge in [0.15, 0.2) is 11.6 Å². The fourth-order valence-electron chi connectivity index (χ4n) is 1.45. The Morgan fingerprint density at radius 3 is 2.72 bits per heavy atom. The zero-order valence-electron chi connectivity index (χ0n) is 10.2. The first-order valence-corrected chi connectivity index (χ1v) is 6.73. The van der Waals surface area contributed by atoms with Crippen molar-refractivity contribution in [3.05, 3.63) is 29.6 Å². The molecule has 0 aromatic heterocycles. The second-order valence-electron chi connectivity index (χ2n) is 3.90. The average Bonchev–Trinajstić information content (AvgIpc) is 2.28. The quantitative estimate of drug-likeness (QED) is 0.861. The molecule has 2 atom stereocenters. The Bertz CT molecular complexity index is 461. The van der Waals surface area contributed by atoms with Crippen LogP contribution in [0.1, 0.15) is 18.9 Å². The highest BCUT2D eigenvalue weighted by atomic mass is 32.2. The maximum absolute atomic E-state index is 13.4. The van der Waals surface area contributed by atoms with E-state index in [1.165, 1.54) is 19.2 Å². The van der Waals surface area contributed by atoms with Crippen LogP contribution in [0.4, 0.5) is 4.39 Å². The molecule has 6 heteroatoms. The van der Waals surface area contributed by atoms with Crippen molar-refractivity contribution in [2.24, 2.45) is 0 Å². The highest BCUT2D eigenvalue weighted by molar-refractivity contribution is 7.84. The van der Waals surface area contributed by atoms with Gasteiger partial charge in [0.2, 0.25) is 0 Å². The van der Waals surface area contributed by atoms with Crippen LogP contribution in [0.5, 0.6) is 5.75 Å². The second-order valence-corrected chi connectivity index (χ2v) is 5.76. The minimum Gasteiger partial charge on any atom is -0.494 e. The predicted molar refractivity (Wildman–Crippen MR) is 66.5 cm³/mol. The molecule has 1 rings (SSSR count). The van der Waals surface area contributed by atoms with Crippen molar-refractivity contribution in [1.82, 2.24) is 0 Å². The summed E-state index contributed by atoms with van der Waals surface area (Å²) in [6.45, 7) is 1.60. The van der Waals surface area contributed by atoms with Gasteiger partial charge < -0.3 is 9.84 Å². The van der Waals surface area contributed by atoms with E-state index in [-0.39, 0.29) is 17.9 Å². The summed E-state index contributed by atoms with van der Waals surface area (Å²) in [7, 11) is 0.0248. The van der Waals surface area contributed by atoms with Gasteiger partial charge in [-0.25, -0.2) is 4.39 Å². The van der Waals surface area contributed by atoms with Crippen molar-refractivity contribution >= 4 is 16.8 Å². The summed E-state index contributed by atoms with van der Waals surface area (Å²) in [5.41, 5.74) is 0.559. The van der Waals surface area contributed by atoms with Gasteiger partial charge in [0.05, 0.1) is 13.5 Å². The maximum Gasteiger partial charge on any atom is 0.304 e. The number of halogens is 1. The Hall–Kier alpha value is -1.43. The number of aliphatic carboxylic acids is 1. The number of ether oxygens (including phenoxy) is 1. The van der Waals surface area contributed by atoms with Crippen LogP contribution in [-0.4, -0.2) is 27.6 Å². The molecule has 0 heterocycles. The molecule has 4 nitrogen and oxygen atoms in total.